The molecule has 0 aliphatic rings. The molecule has 3 heteroatoms. The fourth-order valence-corrected chi connectivity index (χ4v) is 2.99. The summed E-state index contributed by atoms with van der Waals surface area (Å²) in [5.74, 6) is 0.772. The molecule has 1 unspecified atom stereocenters. The molecule has 0 aromatic heterocycles. The highest BCUT2D eigenvalue weighted by Crippen LogP contribution is 2.14. The maximum absolute atomic E-state index is 11.9. The molecule has 17 heavy (non-hydrogen) atoms. The normalized spacial score (nSPS) is 12.6. The molecule has 0 bridgehead atoms. The summed E-state index contributed by atoms with van der Waals surface area (Å²) in [7, 11) is -0.858. The maximum Gasteiger partial charge on any atom is 0.0529 e. The smallest absolute Gasteiger partial charge is 0.0529 e. The minimum absolute atomic E-state index is 0.699. The highest BCUT2D eigenvalue weighted by atomic mass is 35.5. The van der Waals surface area contributed by atoms with Crippen molar-refractivity contribution >= 4 is 22.4 Å². The number of halogens is 1. The van der Waals surface area contributed by atoms with Gasteiger partial charge in [-0.15, -0.1) is 0 Å². The summed E-state index contributed by atoms with van der Waals surface area (Å²) in [5.41, 5.74) is 0. The highest BCUT2D eigenvalue weighted by molar-refractivity contribution is 7.85. The van der Waals surface area contributed by atoms with Gasteiger partial charge in [0.25, 0.3) is 0 Å². The molecular weight excluding hydrogens is 252 g/mol. The molecular formula is C14H21ClOS. The van der Waals surface area contributed by atoms with E-state index in [9.17, 15) is 4.21 Å². The van der Waals surface area contributed by atoms with Gasteiger partial charge in [-0.25, -0.2) is 0 Å². The van der Waals surface area contributed by atoms with Gasteiger partial charge in [-0.1, -0.05) is 50.6 Å². The van der Waals surface area contributed by atoms with Gasteiger partial charge in [0.2, 0.25) is 0 Å². The Morgan fingerprint density at radius 2 is 1.59 bits per heavy atom. The molecule has 1 nitrogen and oxygen atoms in total. The van der Waals surface area contributed by atoms with E-state index in [4.69, 9.17) is 11.6 Å². The highest BCUT2D eigenvalue weighted by Gasteiger charge is 2.03. The van der Waals surface area contributed by atoms with Gasteiger partial charge >= 0.3 is 0 Å². The molecule has 0 aliphatic heterocycles. The van der Waals surface area contributed by atoms with Crippen LogP contribution in [0, 0.1) is 0 Å². The average molecular weight is 273 g/mol. The molecule has 0 radical (unpaired) electrons. The molecule has 0 fully saturated rings. The average Bonchev–Trinajstić information content (AvgIpc) is 2.34. The zero-order valence-electron chi connectivity index (χ0n) is 10.5. The summed E-state index contributed by atoms with van der Waals surface area (Å²) in [5, 5.41) is 0.699. The number of rotatable bonds is 8. The minimum Gasteiger partial charge on any atom is -0.254 e. The van der Waals surface area contributed by atoms with Gasteiger partial charge in [-0.05, 0) is 30.7 Å². The summed E-state index contributed by atoms with van der Waals surface area (Å²) >= 11 is 5.79. The molecule has 1 aromatic rings. The molecule has 1 rings (SSSR count). The lowest BCUT2D eigenvalue weighted by molar-refractivity contribution is 0.622. The number of benzene rings is 1. The molecule has 0 saturated heterocycles. The largest absolute Gasteiger partial charge is 0.254 e. The fraction of sp³-hybridized carbons (Fsp3) is 0.571. The third-order valence-electron chi connectivity index (χ3n) is 2.76. The van der Waals surface area contributed by atoms with Gasteiger partial charge in [0.1, 0.15) is 0 Å². The van der Waals surface area contributed by atoms with E-state index in [1.807, 2.05) is 12.1 Å². The summed E-state index contributed by atoms with van der Waals surface area (Å²) in [6.45, 7) is 2.22. The zero-order chi connectivity index (χ0) is 12.5. The lowest BCUT2D eigenvalue weighted by Crippen LogP contribution is -1.98. The first-order valence-electron chi connectivity index (χ1n) is 6.38. The maximum atomic E-state index is 11.9. The molecule has 0 amide bonds. The van der Waals surface area contributed by atoms with E-state index in [1.54, 1.807) is 12.1 Å². The Balaban J connectivity index is 2.19. The van der Waals surface area contributed by atoms with Gasteiger partial charge in [0.05, 0.1) is 10.8 Å². The van der Waals surface area contributed by atoms with Gasteiger partial charge in [-0.2, -0.15) is 0 Å². The van der Waals surface area contributed by atoms with Crippen LogP contribution in [-0.2, 0) is 10.8 Å². The van der Waals surface area contributed by atoms with E-state index in [0.717, 1.165) is 17.1 Å². The first kappa shape index (κ1) is 14.7. The molecule has 0 aliphatic carbocycles. The number of hydrogen-bond acceptors (Lipinski definition) is 1. The van der Waals surface area contributed by atoms with Gasteiger partial charge in [-0.3, -0.25) is 4.21 Å². The summed E-state index contributed by atoms with van der Waals surface area (Å²) < 4.78 is 11.9. The van der Waals surface area contributed by atoms with Crippen LogP contribution < -0.4 is 0 Å². The monoisotopic (exact) mass is 272 g/mol. The number of unbranched alkanes of at least 4 members (excludes halogenated alkanes) is 5. The van der Waals surface area contributed by atoms with Gasteiger partial charge < -0.3 is 0 Å². The Morgan fingerprint density at radius 1 is 1.00 bits per heavy atom. The zero-order valence-corrected chi connectivity index (χ0v) is 12.0. The molecule has 1 atom stereocenters. The first-order chi connectivity index (χ1) is 8.24. The third kappa shape index (κ3) is 6.23. The van der Waals surface area contributed by atoms with Crippen LogP contribution in [0.4, 0.5) is 0 Å². The molecule has 0 N–H and O–H groups in total. The molecule has 0 saturated carbocycles. The second-order valence-electron chi connectivity index (χ2n) is 4.27. The Bertz CT molecular complexity index is 335. The van der Waals surface area contributed by atoms with E-state index in [0.29, 0.717) is 5.02 Å². The summed E-state index contributed by atoms with van der Waals surface area (Å²) in [6.07, 6.45) is 7.42. The second kappa shape index (κ2) is 8.71. The van der Waals surface area contributed by atoms with Crippen LogP contribution in [0.15, 0.2) is 29.2 Å². The second-order valence-corrected chi connectivity index (χ2v) is 6.28. The first-order valence-corrected chi connectivity index (χ1v) is 8.07. The predicted octanol–water partition coefficient (Wildman–Crippen LogP) is 4.81. The van der Waals surface area contributed by atoms with E-state index in [-0.39, 0.29) is 0 Å². The summed E-state index contributed by atoms with van der Waals surface area (Å²) in [6, 6.07) is 7.32. The van der Waals surface area contributed by atoms with E-state index < -0.39 is 10.8 Å². The van der Waals surface area contributed by atoms with Crippen LogP contribution >= 0.6 is 11.6 Å². The molecule has 0 heterocycles. The van der Waals surface area contributed by atoms with Crippen molar-refractivity contribution in [3.8, 4) is 0 Å². The quantitative estimate of drug-likeness (QED) is 0.621. The summed E-state index contributed by atoms with van der Waals surface area (Å²) in [4.78, 5) is 0.892. The molecule has 1 aromatic carbocycles. The Kier molecular flexibility index (Phi) is 7.54. The Hall–Kier alpha value is -0.340. The Labute approximate surface area is 112 Å². The van der Waals surface area contributed by atoms with Crippen molar-refractivity contribution in [3.63, 3.8) is 0 Å². The van der Waals surface area contributed by atoms with Crippen molar-refractivity contribution in [2.75, 3.05) is 5.75 Å². The topological polar surface area (TPSA) is 17.1 Å². The lowest BCUT2D eigenvalue weighted by atomic mass is 10.1. The van der Waals surface area contributed by atoms with Crippen molar-refractivity contribution in [1.82, 2.24) is 0 Å². The SMILES string of the molecule is CCCCCCCCS(=O)c1ccc(Cl)cc1. The lowest BCUT2D eigenvalue weighted by Gasteiger charge is -2.03. The van der Waals surface area contributed by atoms with E-state index in [2.05, 4.69) is 6.92 Å². The van der Waals surface area contributed by atoms with Crippen molar-refractivity contribution in [3.05, 3.63) is 29.3 Å². The van der Waals surface area contributed by atoms with Crippen molar-refractivity contribution in [2.45, 2.75) is 50.3 Å². The van der Waals surface area contributed by atoms with Crippen molar-refractivity contribution in [1.29, 1.82) is 0 Å². The van der Waals surface area contributed by atoms with Crippen molar-refractivity contribution < 1.29 is 4.21 Å². The van der Waals surface area contributed by atoms with E-state index in [1.165, 1.54) is 32.1 Å². The van der Waals surface area contributed by atoms with Crippen LogP contribution in [0.1, 0.15) is 45.4 Å². The van der Waals surface area contributed by atoms with Gasteiger partial charge in [0, 0.05) is 15.7 Å². The van der Waals surface area contributed by atoms with Gasteiger partial charge in [0.15, 0.2) is 0 Å². The van der Waals surface area contributed by atoms with Crippen LogP contribution in [-0.4, -0.2) is 9.96 Å². The standard InChI is InChI=1S/C14H21ClOS/c1-2-3-4-5-6-7-12-17(16)14-10-8-13(15)9-11-14/h8-11H,2-7,12H2,1H3. The minimum atomic E-state index is -0.858. The fourth-order valence-electron chi connectivity index (χ4n) is 1.72. The van der Waals surface area contributed by atoms with Crippen LogP contribution in [0.5, 0.6) is 0 Å². The number of hydrogen-bond donors (Lipinski definition) is 0. The van der Waals surface area contributed by atoms with E-state index >= 15 is 0 Å². The van der Waals surface area contributed by atoms with Crippen molar-refractivity contribution in [2.24, 2.45) is 0 Å². The van der Waals surface area contributed by atoms with Crippen LogP contribution in [0.2, 0.25) is 5.02 Å². The van der Waals surface area contributed by atoms with Crippen LogP contribution in [0.25, 0.3) is 0 Å². The predicted molar refractivity (Wildman–Crippen MR) is 76.1 cm³/mol. The Morgan fingerprint density at radius 3 is 2.24 bits per heavy atom. The van der Waals surface area contributed by atoms with Crippen LogP contribution in [0.3, 0.4) is 0 Å². The third-order valence-corrected chi connectivity index (χ3v) is 4.47. The molecule has 0 spiro atoms. The molecule has 96 valence electrons.